The highest BCUT2D eigenvalue weighted by molar-refractivity contribution is 5.24. The molecule has 0 aliphatic heterocycles. The molecule has 0 spiro atoms. The first kappa shape index (κ1) is 13.5. The second kappa shape index (κ2) is 5.81. The highest BCUT2D eigenvalue weighted by Crippen LogP contribution is 2.31. The van der Waals surface area contributed by atoms with Crippen LogP contribution in [0.5, 0.6) is 0 Å². The molecular formula is C15H23FN2. The van der Waals surface area contributed by atoms with Crippen LogP contribution < -0.4 is 5.73 Å². The fraction of sp³-hybridized carbons (Fsp3) is 0.600. The van der Waals surface area contributed by atoms with Gasteiger partial charge in [-0.05, 0) is 44.2 Å². The third kappa shape index (κ3) is 3.53. The molecule has 2 rings (SSSR count). The van der Waals surface area contributed by atoms with Crippen LogP contribution in [0.4, 0.5) is 4.39 Å². The van der Waals surface area contributed by atoms with E-state index in [1.165, 1.54) is 12.8 Å². The van der Waals surface area contributed by atoms with Gasteiger partial charge in [0.2, 0.25) is 0 Å². The van der Waals surface area contributed by atoms with Gasteiger partial charge in [0.25, 0.3) is 0 Å². The van der Waals surface area contributed by atoms with E-state index in [-0.39, 0.29) is 5.82 Å². The van der Waals surface area contributed by atoms with Gasteiger partial charge in [-0.25, -0.2) is 4.39 Å². The SMILES string of the molecule is CC(C)N(Cc1ccc(CN)cc1F)CC1CC1. The van der Waals surface area contributed by atoms with Crippen LogP contribution >= 0.6 is 0 Å². The summed E-state index contributed by atoms with van der Waals surface area (Å²) in [6.07, 6.45) is 2.66. The minimum atomic E-state index is -0.126. The van der Waals surface area contributed by atoms with Crippen LogP contribution in [0.15, 0.2) is 18.2 Å². The Kier molecular flexibility index (Phi) is 4.36. The summed E-state index contributed by atoms with van der Waals surface area (Å²) in [5.41, 5.74) is 7.15. The molecule has 1 aromatic carbocycles. The van der Waals surface area contributed by atoms with Crippen LogP contribution in [0.1, 0.15) is 37.8 Å². The first-order valence-corrected chi connectivity index (χ1v) is 6.81. The van der Waals surface area contributed by atoms with Crippen molar-refractivity contribution in [1.29, 1.82) is 0 Å². The first-order chi connectivity index (χ1) is 8.60. The summed E-state index contributed by atoms with van der Waals surface area (Å²) < 4.78 is 13.9. The monoisotopic (exact) mass is 250 g/mol. The summed E-state index contributed by atoms with van der Waals surface area (Å²) in [5, 5.41) is 0. The molecule has 1 aliphatic rings. The molecule has 100 valence electrons. The average Bonchev–Trinajstić information content (AvgIpc) is 3.14. The number of nitrogens with two attached hydrogens (primary N) is 1. The van der Waals surface area contributed by atoms with Crippen LogP contribution in [0, 0.1) is 11.7 Å². The fourth-order valence-corrected chi connectivity index (χ4v) is 2.15. The molecule has 0 saturated heterocycles. The minimum Gasteiger partial charge on any atom is -0.326 e. The van der Waals surface area contributed by atoms with Crippen molar-refractivity contribution < 1.29 is 4.39 Å². The van der Waals surface area contributed by atoms with Gasteiger partial charge in [0.15, 0.2) is 0 Å². The maximum Gasteiger partial charge on any atom is 0.128 e. The Morgan fingerprint density at radius 3 is 2.61 bits per heavy atom. The van der Waals surface area contributed by atoms with E-state index < -0.39 is 0 Å². The minimum absolute atomic E-state index is 0.126. The molecular weight excluding hydrogens is 227 g/mol. The zero-order valence-electron chi connectivity index (χ0n) is 11.3. The fourth-order valence-electron chi connectivity index (χ4n) is 2.15. The number of halogens is 1. The first-order valence-electron chi connectivity index (χ1n) is 6.81. The van der Waals surface area contributed by atoms with Crippen molar-refractivity contribution in [2.24, 2.45) is 11.7 Å². The van der Waals surface area contributed by atoms with E-state index in [1.54, 1.807) is 6.07 Å². The largest absolute Gasteiger partial charge is 0.326 e. The third-order valence-corrected chi connectivity index (χ3v) is 3.65. The van der Waals surface area contributed by atoms with E-state index in [9.17, 15) is 4.39 Å². The van der Waals surface area contributed by atoms with E-state index >= 15 is 0 Å². The lowest BCUT2D eigenvalue weighted by Gasteiger charge is -2.26. The Bertz CT molecular complexity index is 399. The molecule has 3 heteroatoms. The van der Waals surface area contributed by atoms with Crippen LogP contribution in [0.2, 0.25) is 0 Å². The Morgan fingerprint density at radius 1 is 1.39 bits per heavy atom. The zero-order valence-corrected chi connectivity index (χ0v) is 11.3. The quantitative estimate of drug-likeness (QED) is 0.841. The number of nitrogens with zero attached hydrogens (tertiary/aromatic N) is 1. The highest BCUT2D eigenvalue weighted by atomic mass is 19.1. The van der Waals surface area contributed by atoms with Gasteiger partial charge >= 0.3 is 0 Å². The molecule has 18 heavy (non-hydrogen) atoms. The van der Waals surface area contributed by atoms with Crippen molar-refractivity contribution in [2.75, 3.05) is 6.54 Å². The van der Waals surface area contributed by atoms with Crippen molar-refractivity contribution >= 4 is 0 Å². The summed E-state index contributed by atoms with van der Waals surface area (Å²) in [4.78, 5) is 2.36. The third-order valence-electron chi connectivity index (χ3n) is 3.65. The second-order valence-corrected chi connectivity index (χ2v) is 5.60. The Labute approximate surface area is 109 Å². The van der Waals surface area contributed by atoms with Gasteiger partial charge in [-0.15, -0.1) is 0 Å². The van der Waals surface area contributed by atoms with E-state index in [4.69, 9.17) is 5.73 Å². The summed E-state index contributed by atoms with van der Waals surface area (Å²) in [6.45, 7) is 6.54. The lowest BCUT2D eigenvalue weighted by atomic mass is 10.1. The van der Waals surface area contributed by atoms with Gasteiger partial charge in [-0.1, -0.05) is 12.1 Å². The summed E-state index contributed by atoms with van der Waals surface area (Å²) >= 11 is 0. The molecule has 2 N–H and O–H groups in total. The van der Waals surface area contributed by atoms with Gasteiger partial charge in [0.1, 0.15) is 5.82 Å². The lowest BCUT2D eigenvalue weighted by Crippen LogP contribution is -2.32. The topological polar surface area (TPSA) is 29.3 Å². The second-order valence-electron chi connectivity index (χ2n) is 5.60. The molecule has 1 saturated carbocycles. The normalized spacial score (nSPS) is 15.7. The van der Waals surface area contributed by atoms with Crippen molar-refractivity contribution in [1.82, 2.24) is 4.90 Å². The van der Waals surface area contributed by atoms with Crippen LogP contribution in [0.25, 0.3) is 0 Å². The predicted molar refractivity (Wildman–Crippen MR) is 72.6 cm³/mol. The average molecular weight is 250 g/mol. The molecule has 0 radical (unpaired) electrons. The van der Waals surface area contributed by atoms with Crippen molar-refractivity contribution in [3.63, 3.8) is 0 Å². The molecule has 0 bridgehead atoms. The molecule has 0 amide bonds. The number of benzene rings is 1. The molecule has 0 aromatic heterocycles. The molecule has 0 heterocycles. The van der Waals surface area contributed by atoms with Gasteiger partial charge in [-0.2, -0.15) is 0 Å². The van der Waals surface area contributed by atoms with Gasteiger partial charge in [0.05, 0.1) is 0 Å². The number of hydrogen-bond acceptors (Lipinski definition) is 2. The lowest BCUT2D eigenvalue weighted by molar-refractivity contribution is 0.201. The van der Waals surface area contributed by atoms with E-state index in [1.807, 2.05) is 12.1 Å². The number of hydrogen-bond donors (Lipinski definition) is 1. The highest BCUT2D eigenvalue weighted by Gasteiger charge is 2.25. The van der Waals surface area contributed by atoms with Gasteiger partial charge in [-0.3, -0.25) is 4.90 Å². The summed E-state index contributed by atoms with van der Waals surface area (Å²) in [5.74, 6) is 0.707. The van der Waals surface area contributed by atoms with Crippen LogP contribution in [-0.2, 0) is 13.1 Å². The maximum atomic E-state index is 13.9. The molecule has 1 aliphatic carbocycles. The standard InChI is InChI=1S/C15H23FN2/c1-11(2)18(9-12-3-4-12)10-14-6-5-13(8-17)7-15(14)16/h5-7,11-12H,3-4,8-10,17H2,1-2H3. The Balaban J connectivity index is 2.05. The molecule has 1 fully saturated rings. The molecule has 1 aromatic rings. The van der Waals surface area contributed by atoms with Crippen molar-refractivity contribution in [2.45, 2.75) is 45.8 Å². The number of rotatable bonds is 6. The van der Waals surface area contributed by atoms with Crippen LogP contribution in [0.3, 0.4) is 0 Å². The molecule has 0 atom stereocenters. The molecule has 0 unspecified atom stereocenters. The van der Waals surface area contributed by atoms with Crippen molar-refractivity contribution in [3.05, 3.63) is 35.1 Å². The zero-order chi connectivity index (χ0) is 13.1. The maximum absolute atomic E-state index is 13.9. The van der Waals surface area contributed by atoms with Crippen molar-refractivity contribution in [3.8, 4) is 0 Å². The van der Waals surface area contributed by atoms with Crippen LogP contribution in [-0.4, -0.2) is 17.5 Å². The van der Waals surface area contributed by atoms with E-state index in [2.05, 4.69) is 18.7 Å². The smallest absolute Gasteiger partial charge is 0.128 e. The van der Waals surface area contributed by atoms with Gasteiger partial charge in [0, 0.05) is 31.2 Å². The molecule has 2 nitrogen and oxygen atoms in total. The summed E-state index contributed by atoms with van der Waals surface area (Å²) in [7, 11) is 0. The van der Waals surface area contributed by atoms with Gasteiger partial charge < -0.3 is 5.73 Å². The van der Waals surface area contributed by atoms with E-state index in [0.717, 1.165) is 23.6 Å². The predicted octanol–water partition coefficient (Wildman–Crippen LogP) is 2.90. The Morgan fingerprint density at radius 2 is 2.11 bits per heavy atom. The van der Waals surface area contributed by atoms with E-state index in [0.29, 0.717) is 19.1 Å². The summed E-state index contributed by atoms with van der Waals surface area (Å²) in [6, 6.07) is 5.82. The Hall–Kier alpha value is -0.930.